The Bertz CT molecular complexity index is 713. The van der Waals surface area contributed by atoms with E-state index in [4.69, 9.17) is 4.74 Å². The van der Waals surface area contributed by atoms with Crippen LogP contribution >= 0.6 is 0 Å². The van der Waals surface area contributed by atoms with Crippen molar-refractivity contribution in [2.75, 3.05) is 6.61 Å². The molecule has 0 aromatic carbocycles. The number of aliphatic hydroxyl groups is 1. The van der Waals surface area contributed by atoms with E-state index in [0.717, 1.165) is 42.4 Å². The van der Waals surface area contributed by atoms with Gasteiger partial charge >= 0.3 is 5.97 Å². The molecule has 0 saturated heterocycles. The van der Waals surface area contributed by atoms with Gasteiger partial charge in [0.25, 0.3) is 0 Å². The summed E-state index contributed by atoms with van der Waals surface area (Å²) in [6.45, 7) is 11.8. The number of ether oxygens (including phenoxy) is 1. The van der Waals surface area contributed by atoms with E-state index in [9.17, 15) is 9.90 Å². The maximum absolute atomic E-state index is 11.5. The highest BCUT2D eigenvalue weighted by atomic mass is 16.5. The second-order valence-electron chi connectivity index (χ2n) is 12.7. The zero-order valence-corrected chi connectivity index (χ0v) is 21.4. The highest BCUT2D eigenvalue weighted by Gasteiger charge is 2.59. The molecule has 3 fully saturated rings. The van der Waals surface area contributed by atoms with Crippen molar-refractivity contribution in [3.63, 3.8) is 0 Å². The van der Waals surface area contributed by atoms with Crippen LogP contribution in [0.1, 0.15) is 105 Å². The first kappa shape index (κ1) is 24.3. The van der Waals surface area contributed by atoms with Crippen LogP contribution in [0.3, 0.4) is 0 Å². The molecule has 3 saturated carbocycles. The van der Waals surface area contributed by atoms with E-state index in [1.807, 2.05) is 0 Å². The first-order valence-corrected chi connectivity index (χ1v) is 13.7. The molecule has 0 radical (unpaired) electrons. The van der Waals surface area contributed by atoms with E-state index >= 15 is 0 Å². The Kier molecular flexibility index (Phi) is 7.16. The van der Waals surface area contributed by atoms with Gasteiger partial charge in [0.05, 0.1) is 0 Å². The molecule has 9 atom stereocenters. The van der Waals surface area contributed by atoms with E-state index in [1.165, 1.54) is 57.8 Å². The van der Waals surface area contributed by atoms with Crippen molar-refractivity contribution < 1.29 is 14.6 Å². The van der Waals surface area contributed by atoms with E-state index < -0.39 is 0 Å². The fraction of sp³-hybridized carbons (Fsp3) is 0.897. The smallest absolute Gasteiger partial charge is 0.302 e. The third kappa shape index (κ3) is 4.32. The van der Waals surface area contributed by atoms with Crippen LogP contribution in [0.25, 0.3) is 0 Å². The van der Waals surface area contributed by atoms with Gasteiger partial charge in [-0.1, -0.05) is 52.2 Å². The lowest BCUT2D eigenvalue weighted by atomic mass is 9.47. The Morgan fingerprint density at radius 2 is 1.91 bits per heavy atom. The summed E-state index contributed by atoms with van der Waals surface area (Å²) in [5, 5.41) is 9.35. The maximum atomic E-state index is 11.5. The average molecular weight is 445 g/mol. The number of aliphatic hydroxyl groups excluding tert-OH is 1. The van der Waals surface area contributed by atoms with Crippen LogP contribution in [-0.4, -0.2) is 23.8 Å². The molecule has 0 aromatic rings. The molecule has 4 aliphatic rings. The topological polar surface area (TPSA) is 46.5 Å². The number of esters is 1. The van der Waals surface area contributed by atoms with Crippen molar-refractivity contribution in [3.05, 3.63) is 11.6 Å². The van der Waals surface area contributed by atoms with Gasteiger partial charge in [0.2, 0.25) is 0 Å². The van der Waals surface area contributed by atoms with Crippen LogP contribution in [0.2, 0.25) is 0 Å². The lowest BCUT2D eigenvalue weighted by molar-refractivity contribution is -0.148. The van der Waals surface area contributed by atoms with Gasteiger partial charge < -0.3 is 9.84 Å². The summed E-state index contributed by atoms with van der Waals surface area (Å²) in [4.78, 5) is 11.5. The first-order valence-electron chi connectivity index (χ1n) is 13.7. The molecule has 0 amide bonds. The quantitative estimate of drug-likeness (QED) is 0.342. The lowest BCUT2D eigenvalue weighted by Gasteiger charge is -2.58. The van der Waals surface area contributed by atoms with Gasteiger partial charge in [0.1, 0.15) is 6.10 Å². The zero-order chi connectivity index (χ0) is 23.1. The minimum atomic E-state index is -0.127. The molecule has 0 heterocycles. The van der Waals surface area contributed by atoms with Gasteiger partial charge in [0, 0.05) is 20.0 Å². The molecule has 0 aliphatic heterocycles. The fourth-order valence-electron chi connectivity index (χ4n) is 9.02. The van der Waals surface area contributed by atoms with Crippen LogP contribution < -0.4 is 0 Å². The molecule has 0 bridgehead atoms. The fourth-order valence-corrected chi connectivity index (χ4v) is 9.02. The van der Waals surface area contributed by atoms with E-state index in [-0.39, 0.29) is 12.1 Å². The van der Waals surface area contributed by atoms with Crippen LogP contribution in [0.4, 0.5) is 0 Å². The highest BCUT2D eigenvalue weighted by Crippen LogP contribution is 2.67. The summed E-state index contributed by atoms with van der Waals surface area (Å²) in [6, 6.07) is 0. The van der Waals surface area contributed by atoms with Crippen molar-refractivity contribution in [2.45, 2.75) is 111 Å². The van der Waals surface area contributed by atoms with Crippen LogP contribution in [-0.2, 0) is 9.53 Å². The van der Waals surface area contributed by atoms with E-state index in [2.05, 4.69) is 33.8 Å². The summed E-state index contributed by atoms with van der Waals surface area (Å²) < 4.78 is 5.61. The van der Waals surface area contributed by atoms with Crippen molar-refractivity contribution in [3.8, 4) is 0 Å². The molecule has 3 nitrogen and oxygen atoms in total. The summed E-state index contributed by atoms with van der Waals surface area (Å²) in [5.41, 5.74) is 2.44. The van der Waals surface area contributed by atoms with Gasteiger partial charge in [-0.3, -0.25) is 4.79 Å². The zero-order valence-electron chi connectivity index (χ0n) is 21.4. The third-order valence-electron chi connectivity index (χ3n) is 10.8. The molecule has 1 N–H and O–H groups in total. The first-order chi connectivity index (χ1) is 15.2. The van der Waals surface area contributed by atoms with E-state index in [1.54, 1.807) is 12.5 Å². The Morgan fingerprint density at radius 1 is 1.12 bits per heavy atom. The minimum absolute atomic E-state index is 0.0995. The lowest BCUT2D eigenvalue weighted by Crippen LogP contribution is -2.51. The number of hydrogen-bond acceptors (Lipinski definition) is 3. The Labute approximate surface area is 196 Å². The molecule has 4 aliphatic carbocycles. The predicted molar refractivity (Wildman–Crippen MR) is 130 cm³/mol. The summed E-state index contributed by atoms with van der Waals surface area (Å²) in [5.74, 6) is 4.54. The number of allylic oxidation sites excluding steroid dienone is 1. The number of hydrogen-bond donors (Lipinski definition) is 1. The SMILES string of the molecule is CC(=O)O[C@@H]1CC[C@@]2(C)C(=CC[C@H]3[C@@H]4CC[C@H]([C@H](C)CCCC(C)CO)[C@@]4(C)CC[C@@H]32)C1. The standard InChI is InChI=1S/C29H48O3/c1-19(18-30)7-6-8-20(2)25-11-12-26-24-10-9-22-17-23(32-21(3)31)13-15-28(22,4)27(24)14-16-29(25,26)5/h9,19-20,23-27,30H,6-8,10-18H2,1-5H3/t19?,20-,23-,24+,25-,26+,27+,28+,29-/m1/s1. The second kappa shape index (κ2) is 9.43. The normalized spacial score (nSPS) is 42.8. The minimum Gasteiger partial charge on any atom is -0.462 e. The predicted octanol–water partition coefficient (Wildman–Crippen LogP) is 6.93. The Morgan fingerprint density at radius 3 is 2.62 bits per heavy atom. The largest absolute Gasteiger partial charge is 0.462 e. The molecule has 0 spiro atoms. The highest BCUT2D eigenvalue weighted by molar-refractivity contribution is 5.66. The second-order valence-corrected chi connectivity index (χ2v) is 12.7. The molecule has 32 heavy (non-hydrogen) atoms. The molecule has 182 valence electrons. The molecule has 4 rings (SSSR count). The van der Waals surface area contributed by atoms with Gasteiger partial charge in [-0.15, -0.1) is 0 Å². The Balaban J connectivity index is 1.44. The molecular weight excluding hydrogens is 396 g/mol. The van der Waals surface area contributed by atoms with Crippen LogP contribution in [0, 0.1) is 46.3 Å². The van der Waals surface area contributed by atoms with Gasteiger partial charge in [0.15, 0.2) is 0 Å². The van der Waals surface area contributed by atoms with E-state index in [0.29, 0.717) is 23.4 Å². The molecule has 0 aromatic heterocycles. The van der Waals surface area contributed by atoms with Gasteiger partial charge in [-0.2, -0.15) is 0 Å². The van der Waals surface area contributed by atoms with Crippen molar-refractivity contribution in [1.82, 2.24) is 0 Å². The van der Waals surface area contributed by atoms with Crippen molar-refractivity contribution in [1.29, 1.82) is 0 Å². The summed E-state index contributed by atoms with van der Waals surface area (Å²) in [6.07, 6.45) is 16.5. The number of fused-ring (bicyclic) bond motifs is 5. The average Bonchev–Trinajstić information content (AvgIpc) is 3.10. The number of rotatable bonds is 7. The number of carbonyl (C=O) groups is 1. The van der Waals surface area contributed by atoms with Crippen molar-refractivity contribution >= 4 is 5.97 Å². The molecular formula is C29H48O3. The van der Waals surface area contributed by atoms with Crippen molar-refractivity contribution in [2.24, 2.45) is 46.3 Å². The summed E-state index contributed by atoms with van der Waals surface area (Å²) >= 11 is 0. The maximum Gasteiger partial charge on any atom is 0.302 e. The number of carbonyl (C=O) groups excluding carboxylic acids is 1. The molecule has 1 unspecified atom stereocenters. The Hall–Kier alpha value is -0.830. The monoisotopic (exact) mass is 444 g/mol. The summed E-state index contributed by atoms with van der Waals surface area (Å²) in [7, 11) is 0. The van der Waals surface area contributed by atoms with Crippen LogP contribution in [0.15, 0.2) is 11.6 Å². The molecule has 3 heteroatoms. The van der Waals surface area contributed by atoms with Crippen LogP contribution in [0.5, 0.6) is 0 Å². The van der Waals surface area contributed by atoms with Gasteiger partial charge in [-0.25, -0.2) is 0 Å². The third-order valence-corrected chi connectivity index (χ3v) is 10.8. The van der Waals surface area contributed by atoms with Gasteiger partial charge in [-0.05, 0) is 97.7 Å².